The molecule has 0 radical (unpaired) electrons. The number of aliphatic hydroxyl groups excluding tert-OH is 1. The van der Waals surface area contributed by atoms with Gasteiger partial charge in [0.2, 0.25) is 0 Å². The summed E-state index contributed by atoms with van der Waals surface area (Å²) in [5, 5.41) is 12.1. The number of hydrogen-bond donors (Lipinski definition) is 2. The van der Waals surface area contributed by atoms with E-state index in [1.165, 1.54) is 6.07 Å². The van der Waals surface area contributed by atoms with Gasteiger partial charge in [0.25, 0.3) is 5.91 Å². The maximum Gasteiger partial charge on any atom is 0.416 e. The fourth-order valence-corrected chi connectivity index (χ4v) is 2.56. The molecule has 1 aromatic carbocycles. The number of nitrogens with zero attached hydrogens (tertiary/aromatic N) is 1. The molecule has 1 aliphatic rings. The van der Waals surface area contributed by atoms with Crippen LogP contribution in [-0.4, -0.2) is 36.2 Å². The summed E-state index contributed by atoms with van der Waals surface area (Å²) in [5.41, 5.74) is -0.481. The molecule has 7 heteroatoms. The van der Waals surface area contributed by atoms with Crippen molar-refractivity contribution < 1.29 is 23.1 Å². The zero-order valence-electron chi connectivity index (χ0n) is 13.2. The fourth-order valence-electron chi connectivity index (χ4n) is 2.56. The van der Waals surface area contributed by atoms with Crippen LogP contribution < -0.4 is 10.2 Å². The minimum Gasteiger partial charge on any atom is -0.393 e. The summed E-state index contributed by atoms with van der Waals surface area (Å²) in [4.78, 5) is 13.9. The van der Waals surface area contributed by atoms with Crippen molar-refractivity contribution >= 4 is 11.6 Å². The highest BCUT2D eigenvalue weighted by Crippen LogP contribution is 2.33. The number of carbonyl (C=O) groups is 1. The quantitative estimate of drug-likeness (QED) is 0.896. The van der Waals surface area contributed by atoms with Crippen LogP contribution in [0.1, 0.15) is 42.6 Å². The minimum absolute atomic E-state index is 0.00496. The summed E-state index contributed by atoms with van der Waals surface area (Å²) >= 11 is 0. The van der Waals surface area contributed by atoms with Crippen molar-refractivity contribution in [3.63, 3.8) is 0 Å². The largest absolute Gasteiger partial charge is 0.416 e. The second-order valence-corrected chi connectivity index (χ2v) is 6.11. The number of nitrogens with one attached hydrogen (secondary N) is 1. The van der Waals surface area contributed by atoms with Crippen LogP contribution in [0.5, 0.6) is 0 Å². The second kappa shape index (κ2) is 6.78. The van der Waals surface area contributed by atoms with E-state index in [9.17, 15) is 23.1 Å². The summed E-state index contributed by atoms with van der Waals surface area (Å²) in [6.45, 7) is 4.43. The van der Waals surface area contributed by atoms with Gasteiger partial charge in [0.1, 0.15) is 0 Å². The Bertz CT molecular complexity index is 565. The van der Waals surface area contributed by atoms with E-state index in [1.54, 1.807) is 18.7 Å². The number of alkyl halides is 3. The molecule has 1 aromatic rings. The third-order valence-electron chi connectivity index (χ3n) is 3.76. The Morgan fingerprint density at radius 3 is 2.39 bits per heavy atom. The van der Waals surface area contributed by atoms with Gasteiger partial charge in [-0.05, 0) is 44.9 Å². The molecule has 128 valence electrons. The number of hydrogen-bond acceptors (Lipinski definition) is 3. The van der Waals surface area contributed by atoms with Gasteiger partial charge in [-0.3, -0.25) is 4.79 Å². The minimum atomic E-state index is -4.52. The third-order valence-corrected chi connectivity index (χ3v) is 3.76. The standard InChI is InChI=1S/C16H21F3N2O2/c1-10(2)20-15(23)11-7-12(16(17,18)19)9-13(8-11)21-5-3-14(22)4-6-21/h7-10,14,22H,3-6H2,1-2H3,(H,20,23). The van der Waals surface area contributed by atoms with Crippen LogP contribution in [0, 0.1) is 0 Å². The number of aliphatic hydroxyl groups is 1. The van der Waals surface area contributed by atoms with Crippen LogP contribution >= 0.6 is 0 Å². The van der Waals surface area contributed by atoms with Gasteiger partial charge in [0.05, 0.1) is 11.7 Å². The Balaban J connectivity index is 2.35. The topological polar surface area (TPSA) is 52.6 Å². The van der Waals surface area contributed by atoms with Crippen LogP contribution in [0.2, 0.25) is 0 Å². The van der Waals surface area contributed by atoms with Crippen molar-refractivity contribution in [3.8, 4) is 0 Å². The summed E-state index contributed by atoms with van der Waals surface area (Å²) in [5.74, 6) is -0.524. The Morgan fingerprint density at radius 2 is 1.87 bits per heavy atom. The lowest BCUT2D eigenvalue weighted by atomic mass is 10.0. The highest BCUT2D eigenvalue weighted by atomic mass is 19.4. The molecule has 2 rings (SSSR count). The first kappa shape index (κ1) is 17.6. The van der Waals surface area contributed by atoms with E-state index in [4.69, 9.17) is 0 Å². The highest BCUT2D eigenvalue weighted by Gasteiger charge is 2.32. The summed E-state index contributed by atoms with van der Waals surface area (Å²) in [7, 11) is 0. The van der Waals surface area contributed by atoms with Crippen LogP contribution in [0.25, 0.3) is 0 Å². The molecule has 1 heterocycles. The smallest absolute Gasteiger partial charge is 0.393 e. The van der Waals surface area contributed by atoms with Gasteiger partial charge in [-0.1, -0.05) is 0 Å². The zero-order chi connectivity index (χ0) is 17.2. The van der Waals surface area contributed by atoms with Crippen molar-refractivity contribution in [2.45, 2.75) is 45.0 Å². The molecule has 4 nitrogen and oxygen atoms in total. The first-order chi connectivity index (χ1) is 10.7. The van der Waals surface area contributed by atoms with E-state index in [0.29, 0.717) is 31.6 Å². The maximum atomic E-state index is 13.1. The van der Waals surface area contributed by atoms with Crippen molar-refractivity contribution in [1.82, 2.24) is 5.32 Å². The zero-order valence-corrected chi connectivity index (χ0v) is 13.2. The fraction of sp³-hybridized carbons (Fsp3) is 0.562. The van der Waals surface area contributed by atoms with E-state index < -0.39 is 23.8 Å². The van der Waals surface area contributed by atoms with Crippen molar-refractivity contribution in [1.29, 1.82) is 0 Å². The molecule has 0 aliphatic carbocycles. The van der Waals surface area contributed by atoms with Gasteiger partial charge in [0.15, 0.2) is 0 Å². The van der Waals surface area contributed by atoms with E-state index >= 15 is 0 Å². The molecule has 0 atom stereocenters. The molecule has 1 saturated heterocycles. The highest BCUT2D eigenvalue weighted by molar-refractivity contribution is 5.95. The summed E-state index contributed by atoms with van der Waals surface area (Å²) < 4.78 is 39.3. The molecule has 2 N–H and O–H groups in total. The molecular formula is C16H21F3N2O2. The Kier molecular flexibility index (Phi) is 5.19. The normalized spacial score (nSPS) is 16.7. The van der Waals surface area contributed by atoms with Crippen molar-refractivity contribution in [2.75, 3.05) is 18.0 Å². The molecule has 1 aliphatic heterocycles. The average molecular weight is 330 g/mol. The molecule has 1 amide bonds. The van der Waals surface area contributed by atoms with Gasteiger partial charge in [-0.2, -0.15) is 13.2 Å². The third kappa shape index (κ3) is 4.60. The number of rotatable bonds is 3. The maximum absolute atomic E-state index is 13.1. The number of piperidine rings is 1. The van der Waals surface area contributed by atoms with E-state index in [-0.39, 0.29) is 11.6 Å². The van der Waals surface area contributed by atoms with E-state index in [0.717, 1.165) is 12.1 Å². The lowest BCUT2D eigenvalue weighted by Gasteiger charge is -2.32. The number of halogens is 3. The summed E-state index contributed by atoms with van der Waals surface area (Å²) in [6.07, 6.45) is -3.92. The van der Waals surface area contributed by atoms with Crippen LogP contribution in [-0.2, 0) is 6.18 Å². The monoisotopic (exact) mass is 330 g/mol. The molecule has 1 fully saturated rings. The predicted molar refractivity (Wildman–Crippen MR) is 81.5 cm³/mol. The van der Waals surface area contributed by atoms with Gasteiger partial charge < -0.3 is 15.3 Å². The SMILES string of the molecule is CC(C)NC(=O)c1cc(N2CCC(O)CC2)cc(C(F)(F)F)c1. The number of benzene rings is 1. The average Bonchev–Trinajstić information content (AvgIpc) is 2.46. The van der Waals surface area contributed by atoms with Gasteiger partial charge in [0, 0.05) is 30.4 Å². The molecule has 0 bridgehead atoms. The Morgan fingerprint density at radius 1 is 1.26 bits per heavy atom. The van der Waals surface area contributed by atoms with Gasteiger partial charge >= 0.3 is 6.18 Å². The Labute approximate surface area is 133 Å². The number of carbonyl (C=O) groups excluding carboxylic acids is 1. The first-order valence-corrected chi connectivity index (χ1v) is 7.63. The molecular weight excluding hydrogens is 309 g/mol. The second-order valence-electron chi connectivity index (χ2n) is 6.11. The lowest BCUT2D eigenvalue weighted by molar-refractivity contribution is -0.137. The molecule has 23 heavy (non-hydrogen) atoms. The lowest BCUT2D eigenvalue weighted by Crippen LogP contribution is -2.36. The van der Waals surface area contributed by atoms with Gasteiger partial charge in [-0.15, -0.1) is 0 Å². The van der Waals surface area contributed by atoms with E-state index in [2.05, 4.69) is 5.32 Å². The predicted octanol–water partition coefficient (Wildman–Crippen LogP) is 2.80. The number of amides is 1. The molecule has 0 aromatic heterocycles. The Hall–Kier alpha value is -1.76. The molecule has 0 saturated carbocycles. The van der Waals surface area contributed by atoms with Crippen molar-refractivity contribution in [3.05, 3.63) is 29.3 Å². The van der Waals surface area contributed by atoms with Crippen molar-refractivity contribution in [2.24, 2.45) is 0 Å². The molecule has 0 unspecified atom stereocenters. The van der Waals surface area contributed by atoms with Crippen LogP contribution in [0.3, 0.4) is 0 Å². The summed E-state index contributed by atoms with van der Waals surface area (Å²) in [6, 6.07) is 3.25. The number of anilines is 1. The van der Waals surface area contributed by atoms with Crippen LogP contribution in [0.4, 0.5) is 18.9 Å². The van der Waals surface area contributed by atoms with Crippen LogP contribution in [0.15, 0.2) is 18.2 Å². The van der Waals surface area contributed by atoms with E-state index in [1.807, 2.05) is 0 Å². The molecule has 0 spiro atoms. The van der Waals surface area contributed by atoms with Gasteiger partial charge in [-0.25, -0.2) is 0 Å². The first-order valence-electron chi connectivity index (χ1n) is 7.63.